The summed E-state index contributed by atoms with van der Waals surface area (Å²) in [5, 5.41) is 8.70. The predicted octanol–water partition coefficient (Wildman–Crippen LogP) is 1.97. The summed E-state index contributed by atoms with van der Waals surface area (Å²) in [6, 6.07) is 7.23. The number of hydrogen-bond donors (Lipinski definition) is 1. The Bertz CT molecular complexity index is 393. The molecule has 106 valence electrons. The third-order valence-corrected chi connectivity index (χ3v) is 3.00. The average Bonchev–Trinajstić information content (AvgIpc) is 2.43. The van der Waals surface area contributed by atoms with E-state index < -0.39 is 0 Å². The van der Waals surface area contributed by atoms with Crippen LogP contribution in [0.4, 0.5) is 0 Å². The summed E-state index contributed by atoms with van der Waals surface area (Å²) in [6.07, 6.45) is 2.83. The SMILES string of the molecule is COc1cccc(C(=O)CN(C)CCCCCO)c1. The standard InChI is InChI=1S/C15H23NO3/c1-16(9-4-3-5-10-17)12-15(18)13-7-6-8-14(11-13)19-2/h6-8,11,17H,3-5,9-10,12H2,1-2H3. The first-order valence-corrected chi connectivity index (χ1v) is 6.64. The third kappa shape index (κ3) is 5.85. The number of unbranched alkanes of at least 4 members (excludes halogenated alkanes) is 2. The maximum Gasteiger partial charge on any atom is 0.176 e. The number of ether oxygens (including phenoxy) is 1. The number of benzene rings is 1. The van der Waals surface area contributed by atoms with Gasteiger partial charge in [-0.1, -0.05) is 12.1 Å². The van der Waals surface area contributed by atoms with Gasteiger partial charge >= 0.3 is 0 Å². The first-order valence-electron chi connectivity index (χ1n) is 6.64. The Morgan fingerprint density at radius 2 is 2.11 bits per heavy atom. The van der Waals surface area contributed by atoms with Crippen molar-refractivity contribution in [2.75, 3.05) is 33.9 Å². The van der Waals surface area contributed by atoms with Crippen molar-refractivity contribution in [3.05, 3.63) is 29.8 Å². The Hall–Kier alpha value is -1.39. The van der Waals surface area contributed by atoms with E-state index in [1.165, 1.54) is 0 Å². The number of carbonyl (C=O) groups is 1. The summed E-state index contributed by atoms with van der Waals surface area (Å²) in [7, 11) is 3.54. The van der Waals surface area contributed by atoms with E-state index in [4.69, 9.17) is 9.84 Å². The van der Waals surface area contributed by atoms with Crippen molar-refractivity contribution in [3.63, 3.8) is 0 Å². The minimum Gasteiger partial charge on any atom is -0.497 e. The molecular weight excluding hydrogens is 242 g/mol. The molecule has 0 atom stereocenters. The molecule has 0 aliphatic heterocycles. The molecule has 0 heterocycles. The number of Topliss-reactive ketones (excluding diaryl/α,β-unsaturated/α-hetero) is 1. The topological polar surface area (TPSA) is 49.8 Å². The maximum absolute atomic E-state index is 12.1. The average molecular weight is 265 g/mol. The van der Waals surface area contributed by atoms with Crippen LogP contribution in [0.15, 0.2) is 24.3 Å². The van der Waals surface area contributed by atoms with Gasteiger partial charge < -0.3 is 9.84 Å². The fraction of sp³-hybridized carbons (Fsp3) is 0.533. The molecule has 0 aromatic heterocycles. The second-order valence-electron chi connectivity index (χ2n) is 4.68. The molecule has 1 rings (SSSR count). The number of nitrogens with zero attached hydrogens (tertiary/aromatic N) is 1. The van der Waals surface area contributed by atoms with E-state index in [2.05, 4.69) is 0 Å². The zero-order valence-electron chi connectivity index (χ0n) is 11.8. The second kappa shape index (κ2) is 8.67. The molecule has 1 aromatic rings. The molecule has 0 aliphatic rings. The first kappa shape index (κ1) is 15.7. The molecule has 0 radical (unpaired) electrons. The van der Waals surface area contributed by atoms with E-state index in [1.54, 1.807) is 13.2 Å². The summed E-state index contributed by atoms with van der Waals surface area (Å²) in [6.45, 7) is 1.52. The highest BCUT2D eigenvalue weighted by atomic mass is 16.5. The lowest BCUT2D eigenvalue weighted by Crippen LogP contribution is -2.27. The number of carbonyl (C=O) groups excluding carboxylic acids is 1. The normalized spacial score (nSPS) is 10.7. The predicted molar refractivity (Wildman–Crippen MR) is 75.8 cm³/mol. The zero-order valence-corrected chi connectivity index (χ0v) is 11.8. The number of rotatable bonds is 9. The zero-order chi connectivity index (χ0) is 14.1. The summed E-state index contributed by atoms with van der Waals surface area (Å²) >= 11 is 0. The lowest BCUT2D eigenvalue weighted by molar-refractivity contribution is 0.0944. The number of ketones is 1. The van der Waals surface area contributed by atoms with E-state index in [1.807, 2.05) is 30.1 Å². The summed E-state index contributed by atoms with van der Waals surface area (Å²) in [4.78, 5) is 14.1. The van der Waals surface area contributed by atoms with E-state index in [0.717, 1.165) is 25.8 Å². The number of aliphatic hydroxyl groups is 1. The smallest absolute Gasteiger partial charge is 0.176 e. The maximum atomic E-state index is 12.1. The lowest BCUT2D eigenvalue weighted by Gasteiger charge is -2.15. The monoisotopic (exact) mass is 265 g/mol. The molecule has 0 unspecified atom stereocenters. The molecule has 0 saturated carbocycles. The molecule has 0 spiro atoms. The Labute approximate surface area is 115 Å². The molecule has 0 fully saturated rings. The number of hydrogen-bond acceptors (Lipinski definition) is 4. The molecular formula is C15H23NO3. The van der Waals surface area contributed by atoms with Crippen molar-refractivity contribution < 1.29 is 14.6 Å². The highest BCUT2D eigenvalue weighted by Crippen LogP contribution is 2.13. The van der Waals surface area contributed by atoms with Gasteiger partial charge in [0.15, 0.2) is 5.78 Å². The Morgan fingerprint density at radius 3 is 2.79 bits per heavy atom. The first-order chi connectivity index (χ1) is 9.17. The van der Waals surface area contributed by atoms with Gasteiger partial charge in [-0.3, -0.25) is 9.69 Å². The van der Waals surface area contributed by atoms with Gasteiger partial charge in [-0.2, -0.15) is 0 Å². The van der Waals surface area contributed by atoms with Crippen molar-refractivity contribution in [3.8, 4) is 5.75 Å². The highest BCUT2D eigenvalue weighted by Gasteiger charge is 2.09. The summed E-state index contributed by atoms with van der Waals surface area (Å²) < 4.78 is 5.11. The van der Waals surface area contributed by atoms with Crippen molar-refractivity contribution in [1.82, 2.24) is 4.90 Å². The fourth-order valence-electron chi connectivity index (χ4n) is 1.88. The van der Waals surface area contributed by atoms with Crippen molar-refractivity contribution in [1.29, 1.82) is 0 Å². The Kier molecular flexibility index (Phi) is 7.15. The molecule has 4 nitrogen and oxygen atoms in total. The van der Waals surface area contributed by atoms with Crippen LogP contribution in [-0.2, 0) is 0 Å². The fourth-order valence-corrected chi connectivity index (χ4v) is 1.88. The third-order valence-electron chi connectivity index (χ3n) is 3.00. The van der Waals surface area contributed by atoms with Crippen LogP contribution in [0.25, 0.3) is 0 Å². The van der Waals surface area contributed by atoms with Gasteiger partial charge in [0.05, 0.1) is 13.7 Å². The van der Waals surface area contributed by atoms with Crippen molar-refractivity contribution in [2.24, 2.45) is 0 Å². The molecule has 1 aromatic carbocycles. The van der Waals surface area contributed by atoms with Crippen LogP contribution in [0.5, 0.6) is 5.75 Å². The van der Waals surface area contributed by atoms with Gasteiger partial charge in [0.1, 0.15) is 5.75 Å². The van der Waals surface area contributed by atoms with E-state index in [-0.39, 0.29) is 12.4 Å². The van der Waals surface area contributed by atoms with Gasteiger partial charge in [-0.25, -0.2) is 0 Å². The minimum absolute atomic E-state index is 0.101. The molecule has 0 aliphatic carbocycles. The quantitative estimate of drug-likeness (QED) is 0.548. The van der Waals surface area contributed by atoms with Crippen LogP contribution in [0.1, 0.15) is 29.6 Å². The summed E-state index contributed by atoms with van der Waals surface area (Å²) in [5.74, 6) is 0.806. The summed E-state index contributed by atoms with van der Waals surface area (Å²) in [5.41, 5.74) is 0.682. The number of likely N-dealkylation sites (N-methyl/N-ethyl adjacent to an activating group) is 1. The van der Waals surface area contributed by atoms with Crippen molar-refractivity contribution in [2.45, 2.75) is 19.3 Å². The largest absolute Gasteiger partial charge is 0.497 e. The molecule has 4 heteroatoms. The van der Waals surface area contributed by atoms with Gasteiger partial charge in [0.2, 0.25) is 0 Å². The van der Waals surface area contributed by atoms with Crippen LogP contribution < -0.4 is 4.74 Å². The van der Waals surface area contributed by atoms with Crippen LogP contribution in [-0.4, -0.2) is 49.6 Å². The second-order valence-corrected chi connectivity index (χ2v) is 4.68. The van der Waals surface area contributed by atoms with Crippen LogP contribution >= 0.6 is 0 Å². The van der Waals surface area contributed by atoms with Crippen LogP contribution in [0.2, 0.25) is 0 Å². The highest BCUT2D eigenvalue weighted by molar-refractivity contribution is 5.97. The Morgan fingerprint density at radius 1 is 1.32 bits per heavy atom. The van der Waals surface area contributed by atoms with E-state index in [0.29, 0.717) is 17.9 Å². The molecule has 0 bridgehead atoms. The number of methoxy groups -OCH3 is 1. The van der Waals surface area contributed by atoms with E-state index >= 15 is 0 Å². The van der Waals surface area contributed by atoms with Gasteiger partial charge in [-0.05, 0) is 45.0 Å². The Balaban J connectivity index is 2.40. The van der Waals surface area contributed by atoms with Crippen LogP contribution in [0.3, 0.4) is 0 Å². The van der Waals surface area contributed by atoms with E-state index in [9.17, 15) is 4.79 Å². The molecule has 0 saturated heterocycles. The van der Waals surface area contributed by atoms with Gasteiger partial charge in [0, 0.05) is 12.2 Å². The molecule has 19 heavy (non-hydrogen) atoms. The number of aliphatic hydroxyl groups excluding tert-OH is 1. The minimum atomic E-state index is 0.101. The van der Waals surface area contributed by atoms with Gasteiger partial charge in [0.25, 0.3) is 0 Å². The lowest BCUT2D eigenvalue weighted by atomic mass is 10.1. The molecule has 0 amide bonds. The van der Waals surface area contributed by atoms with Gasteiger partial charge in [-0.15, -0.1) is 0 Å². The van der Waals surface area contributed by atoms with Crippen molar-refractivity contribution >= 4 is 5.78 Å². The molecule has 1 N–H and O–H groups in total. The van der Waals surface area contributed by atoms with Crippen LogP contribution in [0, 0.1) is 0 Å².